The van der Waals surface area contributed by atoms with Gasteiger partial charge in [0.05, 0.1) is 17.2 Å². The first-order valence-electron chi connectivity index (χ1n) is 7.97. The van der Waals surface area contributed by atoms with Crippen LogP contribution in [0, 0.1) is 18.6 Å². The fourth-order valence-electron chi connectivity index (χ4n) is 2.92. The van der Waals surface area contributed by atoms with Crippen molar-refractivity contribution in [2.24, 2.45) is 0 Å². The Bertz CT molecular complexity index is 907. The lowest BCUT2D eigenvalue weighted by molar-refractivity contribution is -0.113. The quantitative estimate of drug-likeness (QED) is 0.718. The first-order chi connectivity index (χ1) is 12.4. The lowest BCUT2D eigenvalue weighted by Gasteiger charge is -2.30. The van der Waals surface area contributed by atoms with E-state index in [4.69, 9.17) is 12.2 Å². The molecule has 0 saturated carbocycles. The summed E-state index contributed by atoms with van der Waals surface area (Å²) in [5.41, 5.74) is 1.93. The SMILES string of the molecule is CC1=C(C(=O)Nc2cccc(C)c2)[C@@H](c2c(F)cccc2F)NC(=S)N1. The van der Waals surface area contributed by atoms with E-state index < -0.39 is 23.6 Å². The Balaban J connectivity index is 2.02. The highest BCUT2D eigenvalue weighted by Crippen LogP contribution is 2.31. The summed E-state index contributed by atoms with van der Waals surface area (Å²) in [7, 11) is 0. The highest BCUT2D eigenvalue weighted by molar-refractivity contribution is 7.80. The van der Waals surface area contributed by atoms with Gasteiger partial charge in [-0.05, 0) is 55.9 Å². The summed E-state index contributed by atoms with van der Waals surface area (Å²) >= 11 is 5.10. The van der Waals surface area contributed by atoms with Gasteiger partial charge in [0, 0.05) is 11.4 Å². The maximum absolute atomic E-state index is 14.3. The summed E-state index contributed by atoms with van der Waals surface area (Å²) in [4.78, 5) is 12.9. The van der Waals surface area contributed by atoms with Gasteiger partial charge in [0.15, 0.2) is 5.11 Å². The van der Waals surface area contributed by atoms with Crippen LogP contribution >= 0.6 is 12.2 Å². The normalized spacial score (nSPS) is 16.8. The Morgan fingerprint density at radius 2 is 1.77 bits per heavy atom. The number of carbonyl (C=O) groups is 1. The molecule has 0 fully saturated rings. The molecule has 4 nitrogen and oxygen atoms in total. The van der Waals surface area contributed by atoms with Gasteiger partial charge in [-0.3, -0.25) is 4.79 Å². The van der Waals surface area contributed by atoms with Crippen LogP contribution in [-0.4, -0.2) is 11.0 Å². The minimum absolute atomic E-state index is 0.170. The zero-order valence-electron chi connectivity index (χ0n) is 14.2. The number of hydrogen-bond donors (Lipinski definition) is 3. The fourth-order valence-corrected chi connectivity index (χ4v) is 3.19. The maximum Gasteiger partial charge on any atom is 0.255 e. The molecular weight excluding hydrogens is 356 g/mol. The Labute approximate surface area is 155 Å². The summed E-state index contributed by atoms with van der Waals surface area (Å²) < 4.78 is 28.6. The fraction of sp³-hybridized carbons (Fsp3) is 0.158. The molecule has 1 aliphatic rings. The molecule has 0 saturated heterocycles. The van der Waals surface area contributed by atoms with Crippen LogP contribution < -0.4 is 16.0 Å². The van der Waals surface area contributed by atoms with Crippen molar-refractivity contribution in [3.05, 3.63) is 76.5 Å². The third-order valence-corrected chi connectivity index (χ3v) is 4.30. The maximum atomic E-state index is 14.3. The van der Waals surface area contributed by atoms with E-state index in [2.05, 4.69) is 16.0 Å². The van der Waals surface area contributed by atoms with Gasteiger partial charge in [0.25, 0.3) is 5.91 Å². The van der Waals surface area contributed by atoms with Crippen molar-refractivity contribution in [2.75, 3.05) is 5.32 Å². The van der Waals surface area contributed by atoms with Crippen molar-refractivity contribution in [2.45, 2.75) is 19.9 Å². The number of nitrogens with one attached hydrogen (secondary N) is 3. The minimum atomic E-state index is -1.03. The molecule has 2 aromatic rings. The first-order valence-corrected chi connectivity index (χ1v) is 8.38. The van der Waals surface area contributed by atoms with E-state index in [1.54, 1.807) is 19.1 Å². The van der Waals surface area contributed by atoms with E-state index in [9.17, 15) is 13.6 Å². The van der Waals surface area contributed by atoms with Gasteiger partial charge in [-0.25, -0.2) is 8.78 Å². The molecular formula is C19H17F2N3OS. The predicted molar refractivity (Wildman–Crippen MR) is 100 cm³/mol. The standard InChI is InChI=1S/C19H17F2N3OS/c1-10-5-3-6-12(9-10)23-18(25)15-11(2)22-19(26)24-17(15)16-13(20)7-4-8-14(16)21/h3-9,17H,1-2H3,(H,23,25)(H2,22,24,26)/t17-/m0/s1. The Kier molecular flexibility index (Phi) is 4.99. The summed E-state index contributed by atoms with van der Waals surface area (Å²) in [6, 6.07) is 9.81. The molecule has 2 aromatic carbocycles. The van der Waals surface area contributed by atoms with E-state index in [0.717, 1.165) is 17.7 Å². The summed E-state index contributed by atoms with van der Waals surface area (Å²) in [5, 5.41) is 8.60. The number of hydrogen-bond acceptors (Lipinski definition) is 2. The van der Waals surface area contributed by atoms with Crippen LogP contribution in [0.5, 0.6) is 0 Å². The molecule has 134 valence electrons. The minimum Gasteiger partial charge on any atom is -0.351 e. The number of halogens is 2. The van der Waals surface area contributed by atoms with Crippen molar-refractivity contribution in [1.29, 1.82) is 0 Å². The first kappa shape index (κ1) is 18.0. The van der Waals surface area contributed by atoms with Gasteiger partial charge in [0.1, 0.15) is 11.6 Å². The molecule has 3 rings (SSSR count). The van der Waals surface area contributed by atoms with Crippen molar-refractivity contribution in [3.63, 3.8) is 0 Å². The summed E-state index contributed by atoms with van der Waals surface area (Å²) in [6.07, 6.45) is 0. The highest BCUT2D eigenvalue weighted by Gasteiger charge is 2.33. The Morgan fingerprint density at radius 1 is 1.12 bits per heavy atom. The lowest BCUT2D eigenvalue weighted by Crippen LogP contribution is -2.46. The van der Waals surface area contributed by atoms with Crippen molar-refractivity contribution in [1.82, 2.24) is 10.6 Å². The molecule has 26 heavy (non-hydrogen) atoms. The summed E-state index contributed by atoms with van der Waals surface area (Å²) in [5.74, 6) is -1.97. The number of amides is 1. The van der Waals surface area contributed by atoms with Crippen LogP contribution in [0.4, 0.5) is 14.5 Å². The van der Waals surface area contributed by atoms with Crippen LogP contribution in [-0.2, 0) is 4.79 Å². The van der Waals surface area contributed by atoms with Crippen LogP contribution in [0.25, 0.3) is 0 Å². The molecule has 0 aromatic heterocycles. The van der Waals surface area contributed by atoms with Gasteiger partial charge >= 0.3 is 0 Å². The molecule has 0 bridgehead atoms. The van der Waals surface area contributed by atoms with Crippen LogP contribution in [0.1, 0.15) is 24.1 Å². The second-order valence-corrected chi connectivity index (χ2v) is 6.44. The van der Waals surface area contributed by atoms with E-state index in [0.29, 0.717) is 11.4 Å². The molecule has 1 aliphatic heterocycles. The number of allylic oxidation sites excluding steroid dienone is 1. The second-order valence-electron chi connectivity index (χ2n) is 6.03. The Morgan fingerprint density at radius 3 is 2.42 bits per heavy atom. The summed E-state index contributed by atoms with van der Waals surface area (Å²) in [6.45, 7) is 3.55. The van der Waals surface area contributed by atoms with Gasteiger partial charge in [-0.15, -0.1) is 0 Å². The van der Waals surface area contributed by atoms with Gasteiger partial charge in [0.2, 0.25) is 0 Å². The molecule has 1 heterocycles. The van der Waals surface area contributed by atoms with Crippen LogP contribution in [0.3, 0.4) is 0 Å². The molecule has 0 radical (unpaired) electrons. The lowest BCUT2D eigenvalue weighted by atomic mass is 9.94. The number of carbonyl (C=O) groups excluding carboxylic acids is 1. The zero-order valence-corrected chi connectivity index (χ0v) is 15.0. The molecule has 1 amide bonds. The van der Waals surface area contributed by atoms with Gasteiger partial charge in [-0.2, -0.15) is 0 Å². The molecule has 0 spiro atoms. The number of thiocarbonyl (C=S) groups is 1. The number of benzene rings is 2. The highest BCUT2D eigenvalue weighted by atomic mass is 32.1. The number of aryl methyl sites for hydroxylation is 1. The average molecular weight is 373 g/mol. The third-order valence-electron chi connectivity index (χ3n) is 4.08. The third kappa shape index (κ3) is 3.57. The van der Waals surface area contributed by atoms with Crippen molar-refractivity contribution in [3.8, 4) is 0 Å². The van der Waals surface area contributed by atoms with Crippen molar-refractivity contribution < 1.29 is 13.6 Å². The monoisotopic (exact) mass is 373 g/mol. The Hall–Kier alpha value is -2.80. The smallest absolute Gasteiger partial charge is 0.255 e. The topological polar surface area (TPSA) is 53.2 Å². The van der Waals surface area contributed by atoms with Crippen molar-refractivity contribution >= 4 is 28.9 Å². The number of rotatable bonds is 3. The molecule has 7 heteroatoms. The van der Waals surface area contributed by atoms with Crippen LogP contribution in [0.2, 0.25) is 0 Å². The van der Waals surface area contributed by atoms with E-state index in [1.165, 1.54) is 6.07 Å². The molecule has 1 atom stereocenters. The van der Waals surface area contributed by atoms with E-state index in [1.807, 2.05) is 19.1 Å². The van der Waals surface area contributed by atoms with E-state index >= 15 is 0 Å². The predicted octanol–water partition coefficient (Wildman–Crippen LogP) is 3.70. The van der Waals surface area contributed by atoms with Gasteiger partial charge < -0.3 is 16.0 Å². The second kappa shape index (κ2) is 7.21. The average Bonchev–Trinajstić information content (AvgIpc) is 2.54. The van der Waals surface area contributed by atoms with Gasteiger partial charge in [-0.1, -0.05) is 18.2 Å². The largest absolute Gasteiger partial charge is 0.351 e. The van der Waals surface area contributed by atoms with Crippen LogP contribution in [0.15, 0.2) is 53.7 Å². The molecule has 3 N–H and O–H groups in total. The number of anilines is 1. The van der Waals surface area contributed by atoms with E-state index in [-0.39, 0.29) is 16.2 Å². The molecule has 0 unspecified atom stereocenters. The zero-order chi connectivity index (χ0) is 18.8. The molecule has 0 aliphatic carbocycles.